The van der Waals surface area contributed by atoms with Crippen LogP contribution in [-0.4, -0.2) is 55.3 Å². The lowest BCUT2D eigenvalue weighted by Gasteiger charge is -2.30. The highest BCUT2D eigenvalue weighted by Crippen LogP contribution is 2.36. The third-order valence-corrected chi connectivity index (χ3v) is 5.48. The number of rotatable bonds is 4. The molecule has 0 aliphatic carbocycles. The number of imide groups is 1. The normalized spacial score (nSPS) is 20.3. The summed E-state index contributed by atoms with van der Waals surface area (Å²) in [5.74, 6) is -0.354. The van der Waals surface area contributed by atoms with E-state index >= 15 is 0 Å². The van der Waals surface area contributed by atoms with Crippen LogP contribution in [0.5, 0.6) is 0 Å². The minimum Gasteiger partial charge on any atom is -0.310 e. The van der Waals surface area contributed by atoms with Gasteiger partial charge < -0.3 is 10.2 Å². The molecule has 2 aliphatic rings. The molecule has 2 aromatic rings. The van der Waals surface area contributed by atoms with Crippen molar-refractivity contribution in [1.29, 1.82) is 0 Å². The van der Waals surface area contributed by atoms with Crippen LogP contribution < -0.4 is 5.32 Å². The molecule has 1 N–H and O–H groups in total. The summed E-state index contributed by atoms with van der Waals surface area (Å²) in [4.78, 5) is 29.3. The van der Waals surface area contributed by atoms with Crippen LogP contribution in [0.2, 0.25) is 0 Å². The first-order chi connectivity index (χ1) is 12.6. The molecule has 0 aromatic heterocycles. The van der Waals surface area contributed by atoms with Gasteiger partial charge in [-0.05, 0) is 56.6 Å². The number of hydrogen-bond donors (Lipinski definition) is 1. The van der Waals surface area contributed by atoms with E-state index in [4.69, 9.17) is 0 Å². The Balaban J connectivity index is 1.81. The van der Waals surface area contributed by atoms with E-state index in [2.05, 4.69) is 11.4 Å². The van der Waals surface area contributed by atoms with Crippen molar-refractivity contribution < 1.29 is 9.59 Å². The number of likely N-dealkylation sites (N-methyl/N-ethyl adjacent to an activating group) is 1. The summed E-state index contributed by atoms with van der Waals surface area (Å²) in [7, 11) is 3.88. The van der Waals surface area contributed by atoms with Gasteiger partial charge in [0.25, 0.3) is 11.8 Å². The Bertz CT molecular complexity index is 847. The number of nitrogens with one attached hydrogen (secondary N) is 1. The van der Waals surface area contributed by atoms with Crippen LogP contribution in [-0.2, 0) is 0 Å². The van der Waals surface area contributed by atoms with Gasteiger partial charge in [0.15, 0.2) is 0 Å². The fraction of sp³-hybridized carbons (Fsp3) is 0.429. The standard InChI is InChI=1S/C21H25N3O2/c1-23(2)12-13-24-20(25)16-7-5-6-15-14(18-8-3-4-11-22-18)9-10-17(19(15)16)21(24)26/h5-7,9-10,18,22H,3-4,8,11-13H2,1-2H3. The molecular formula is C21H25N3O2. The van der Waals surface area contributed by atoms with Crippen molar-refractivity contribution in [3.05, 3.63) is 47.0 Å². The topological polar surface area (TPSA) is 52.6 Å². The Labute approximate surface area is 154 Å². The summed E-state index contributed by atoms with van der Waals surface area (Å²) >= 11 is 0. The van der Waals surface area contributed by atoms with Crippen molar-refractivity contribution in [1.82, 2.24) is 15.1 Å². The molecule has 5 nitrogen and oxygen atoms in total. The van der Waals surface area contributed by atoms with E-state index in [1.54, 1.807) is 0 Å². The summed E-state index contributed by atoms with van der Waals surface area (Å²) < 4.78 is 0. The number of benzene rings is 2. The first-order valence-electron chi connectivity index (χ1n) is 9.38. The minimum absolute atomic E-state index is 0.177. The van der Waals surface area contributed by atoms with Gasteiger partial charge in [-0.3, -0.25) is 14.5 Å². The minimum atomic E-state index is -0.177. The molecule has 2 amide bonds. The smallest absolute Gasteiger partial charge is 0.261 e. The Kier molecular flexibility index (Phi) is 4.51. The zero-order valence-corrected chi connectivity index (χ0v) is 15.4. The van der Waals surface area contributed by atoms with E-state index in [0.29, 0.717) is 30.3 Å². The number of amides is 2. The van der Waals surface area contributed by atoms with Crippen LogP contribution in [0, 0.1) is 0 Å². The molecule has 0 spiro atoms. The average molecular weight is 351 g/mol. The molecule has 0 bridgehead atoms. The summed E-state index contributed by atoms with van der Waals surface area (Å²) in [5.41, 5.74) is 2.50. The third kappa shape index (κ3) is 2.81. The highest BCUT2D eigenvalue weighted by atomic mass is 16.2. The van der Waals surface area contributed by atoms with Crippen molar-refractivity contribution in [2.75, 3.05) is 33.7 Å². The first-order valence-corrected chi connectivity index (χ1v) is 9.38. The second kappa shape index (κ2) is 6.82. The second-order valence-electron chi connectivity index (χ2n) is 7.50. The number of nitrogens with zero attached hydrogens (tertiary/aromatic N) is 2. The third-order valence-electron chi connectivity index (χ3n) is 5.48. The van der Waals surface area contributed by atoms with Gasteiger partial charge >= 0.3 is 0 Å². The second-order valence-corrected chi connectivity index (χ2v) is 7.50. The van der Waals surface area contributed by atoms with E-state index in [9.17, 15) is 9.59 Å². The quantitative estimate of drug-likeness (QED) is 0.861. The molecular weight excluding hydrogens is 326 g/mol. The van der Waals surface area contributed by atoms with Gasteiger partial charge in [-0.2, -0.15) is 0 Å². The van der Waals surface area contributed by atoms with Crippen LogP contribution in [0.4, 0.5) is 0 Å². The molecule has 1 unspecified atom stereocenters. The predicted molar refractivity (Wildman–Crippen MR) is 102 cm³/mol. The van der Waals surface area contributed by atoms with Crippen molar-refractivity contribution in [3.63, 3.8) is 0 Å². The van der Waals surface area contributed by atoms with Gasteiger partial charge in [-0.15, -0.1) is 0 Å². The van der Waals surface area contributed by atoms with E-state index < -0.39 is 0 Å². The summed E-state index contributed by atoms with van der Waals surface area (Å²) in [6.45, 7) is 2.09. The van der Waals surface area contributed by atoms with E-state index in [0.717, 1.165) is 23.7 Å². The molecule has 4 rings (SSSR count). The van der Waals surface area contributed by atoms with Gasteiger partial charge in [0.05, 0.1) is 0 Å². The number of piperidine rings is 1. The highest BCUT2D eigenvalue weighted by Gasteiger charge is 2.33. The van der Waals surface area contributed by atoms with Crippen molar-refractivity contribution in [3.8, 4) is 0 Å². The van der Waals surface area contributed by atoms with Crippen LogP contribution in [0.1, 0.15) is 51.6 Å². The fourth-order valence-corrected chi connectivity index (χ4v) is 4.09. The fourth-order valence-electron chi connectivity index (χ4n) is 4.09. The van der Waals surface area contributed by atoms with Crippen LogP contribution in [0.25, 0.3) is 10.8 Å². The number of carbonyl (C=O) groups is 2. The van der Waals surface area contributed by atoms with Crippen molar-refractivity contribution in [2.24, 2.45) is 0 Å². The van der Waals surface area contributed by atoms with Crippen LogP contribution in [0.3, 0.4) is 0 Å². The Hall–Kier alpha value is -2.24. The molecule has 5 heteroatoms. The Morgan fingerprint density at radius 1 is 1.08 bits per heavy atom. The largest absolute Gasteiger partial charge is 0.310 e. The lowest BCUT2D eigenvalue weighted by molar-refractivity contribution is 0.0601. The molecule has 1 saturated heterocycles. The summed E-state index contributed by atoms with van der Waals surface area (Å²) in [5, 5.41) is 5.44. The number of carbonyl (C=O) groups excluding carboxylic acids is 2. The van der Waals surface area contributed by atoms with E-state index in [1.807, 2.05) is 43.3 Å². The molecule has 26 heavy (non-hydrogen) atoms. The zero-order chi connectivity index (χ0) is 18.3. The molecule has 1 fully saturated rings. The maximum absolute atomic E-state index is 13.0. The maximum atomic E-state index is 13.0. The van der Waals surface area contributed by atoms with E-state index in [1.165, 1.54) is 23.3 Å². The maximum Gasteiger partial charge on any atom is 0.261 e. The summed E-state index contributed by atoms with van der Waals surface area (Å²) in [6.07, 6.45) is 3.50. The monoisotopic (exact) mass is 351 g/mol. The van der Waals surface area contributed by atoms with Crippen molar-refractivity contribution >= 4 is 22.6 Å². The van der Waals surface area contributed by atoms with Crippen LogP contribution >= 0.6 is 0 Å². The predicted octanol–water partition coefficient (Wildman–Crippen LogP) is 2.81. The van der Waals surface area contributed by atoms with Gasteiger partial charge in [0.1, 0.15) is 0 Å². The Morgan fingerprint density at radius 2 is 1.85 bits per heavy atom. The van der Waals surface area contributed by atoms with E-state index in [-0.39, 0.29) is 11.8 Å². The first kappa shape index (κ1) is 17.2. The number of hydrogen-bond acceptors (Lipinski definition) is 4. The molecule has 2 aromatic carbocycles. The van der Waals surface area contributed by atoms with Gasteiger partial charge in [0, 0.05) is 35.6 Å². The molecule has 0 saturated carbocycles. The lowest BCUT2D eigenvalue weighted by atomic mass is 9.87. The van der Waals surface area contributed by atoms with Crippen molar-refractivity contribution in [2.45, 2.75) is 25.3 Å². The molecule has 0 radical (unpaired) electrons. The zero-order valence-electron chi connectivity index (χ0n) is 15.4. The van der Waals surface area contributed by atoms with Gasteiger partial charge in [-0.1, -0.05) is 24.6 Å². The SMILES string of the molecule is CN(C)CCN1C(=O)c2cccc3c(C4CCCCN4)ccc(c23)C1=O. The lowest BCUT2D eigenvalue weighted by Crippen LogP contribution is -2.43. The Morgan fingerprint density at radius 3 is 2.54 bits per heavy atom. The molecule has 2 aliphatic heterocycles. The molecule has 1 atom stereocenters. The van der Waals surface area contributed by atoms with Crippen LogP contribution in [0.15, 0.2) is 30.3 Å². The summed E-state index contributed by atoms with van der Waals surface area (Å²) in [6, 6.07) is 10.1. The van der Waals surface area contributed by atoms with Gasteiger partial charge in [-0.25, -0.2) is 0 Å². The average Bonchev–Trinajstić information content (AvgIpc) is 2.66. The molecule has 136 valence electrons. The van der Waals surface area contributed by atoms with Gasteiger partial charge in [0.2, 0.25) is 0 Å². The highest BCUT2D eigenvalue weighted by molar-refractivity contribution is 6.25. The molecule has 2 heterocycles.